The van der Waals surface area contributed by atoms with Gasteiger partial charge in [0.1, 0.15) is 5.75 Å². The maximum Gasteiger partial charge on any atom is 0.119 e. The third-order valence-corrected chi connectivity index (χ3v) is 3.38. The molecule has 1 saturated carbocycles. The van der Waals surface area contributed by atoms with Crippen molar-refractivity contribution in [3.63, 3.8) is 0 Å². The fourth-order valence-electron chi connectivity index (χ4n) is 2.52. The summed E-state index contributed by atoms with van der Waals surface area (Å²) in [6, 6.07) is 8.51. The Balaban J connectivity index is 1.96. The SMILES string of the molecule is COc1cccc(CC2CCCCC2)c1. The highest BCUT2D eigenvalue weighted by Gasteiger charge is 2.13. The van der Waals surface area contributed by atoms with Crippen molar-refractivity contribution in [1.29, 1.82) is 0 Å². The van der Waals surface area contributed by atoms with Gasteiger partial charge in [-0.25, -0.2) is 0 Å². The predicted octanol–water partition coefficient (Wildman–Crippen LogP) is 3.82. The first kappa shape index (κ1) is 10.5. The van der Waals surface area contributed by atoms with Gasteiger partial charge in [-0.15, -0.1) is 0 Å². The Hall–Kier alpha value is -0.980. The van der Waals surface area contributed by atoms with Gasteiger partial charge in [0.05, 0.1) is 7.11 Å². The Morgan fingerprint density at radius 2 is 2.00 bits per heavy atom. The van der Waals surface area contributed by atoms with Crippen molar-refractivity contribution in [2.75, 3.05) is 7.11 Å². The van der Waals surface area contributed by atoms with Crippen LogP contribution < -0.4 is 4.74 Å². The summed E-state index contributed by atoms with van der Waals surface area (Å²) in [5, 5.41) is 0. The van der Waals surface area contributed by atoms with Crippen LogP contribution in [-0.4, -0.2) is 7.11 Å². The second kappa shape index (κ2) is 5.20. The van der Waals surface area contributed by atoms with Crippen molar-refractivity contribution in [3.8, 4) is 5.75 Å². The maximum absolute atomic E-state index is 5.24. The first-order valence-corrected chi connectivity index (χ1v) is 6.01. The monoisotopic (exact) mass is 204 g/mol. The molecular formula is C14H20O. The Labute approximate surface area is 92.5 Å². The van der Waals surface area contributed by atoms with E-state index in [2.05, 4.69) is 18.2 Å². The summed E-state index contributed by atoms with van der Waals surface area (Å²) in [5.74, 6) is 1.90. The summed E-state index contributed by atoms with van der Waals surface area (Å²) in [6.07, 6.45) is 8.35. The molecule has 1 aromatic rings. The average Bonchev–Trinajstić information content (AvgIpc) is 2.31. The number of hydrogen-bond donors (Lipinski definition) is 0. The summed E-state index contributed by atoms with van der Waals surface area (Å²) < 4.78 is 5.24. The Kier molecular flexibility index (Phi) is 3.65. The van der Waals surface area contributed by atoms with E-state index >= 15 is 0 Å². The van der Waals surface area contributed by atoms with Crippen LogP contribution in [0, 0.1) is 5.92 Å². The molecule has 0 N–H and O–H groups in total. The fourth-order valence-corrected chi connectivity index (χ4v) is 2.52. The second-order valence-corrected chi connectivity index (χ2v) is 4.56. The van der Waals surface area contributed by atoms with E-state index < -0.39 is 0 Å². The molecule has 2 rings (SSSR count). The third-order valence-electron chi connectivity index (χ3n) is 3.38. The molecule has 0 aliphatic heterocycles. The lowest BCUT2D eigenvalue weighted by Gasteiger charge is -2.21. The average molecular weight is 204 g/mol. The van der Waals surface area contributed by atoms with Crippen molar-refractivity contribution in [2.24, 2.45) is 5.92 Å². The molecule has 0 heterocycles. The normalized spacial score (nSPS) is 17.7. The van der Waals surface area contributed by atoms with Crippen molar-refractivity contribution in [1.82, 2.24) is 0 Å². The lowest BCUT2D eigenvalue weighted by atomic mass is 9.85. The molecule has 0 saturated heterocycles. The minimum atomic E-state index is 0.908. The maximum atomic E-state index is 5.24. The van der Waals surface area contributed by atoms with Gasteiger partial charge < -0.3 is 4.74 Å². The van der Waals surface area contributed by atoms with Crippen molar-refractivity contribution >= 4 is 0 Å². The Morgan fingerprint density at radius 3 is 2.73 bits per heavy atom. The van der Waals surface area contributed by atoms with E-state index in [4.69, 9.17) is 4.74 Å². The summed E-state index contributed by atoms with van der Waals surface area (Å²) in [7, 11) is 1.74. The van der Waals surface area contributed by atoms with Crippen LogP contribution in [0.2, 0.25) is 0 Å². The molecule has 0 radical (unpaired) electrons. The molecule has 1 aliphatic rings. The molecule has 82 valence electrons. The Bertz CT molecular complexity index is 300. The fraction of sp³-hybridized carbons (Fsp3) is 0.571. The first-order chi connectivity index (χ1) is 7.38. The van der Waals surface area contributed by atoms with E-state index in [1.807, 2.05) is 6.07 Å². The van der Waals surface area contributed by atoms with Crippen molar-refractivity contribution < 1.29 is 4.74 Å². The second-order valence-electron chi connectivity index (χ2n) is 4.56. The molecule has 1 aliphatic carbocycles. The van der Waals surface area contributed by atoms with Crippen LogP contribution in [0.15, 0.2) is 24.3 Å². The molecule has 0 atom stereocenters. The number of benzene rings is 1. The van der Waals surface area contributed by atoms with E-state index in [9.17, 15) is 0 Å². The zero-order valence-electron chi connectivity index (χ0n) is 9.54. The molecular weight excluding hydrogens is 184 g/mol. The predicted molar refractivity (Wildman–Crippen MR) is 63.3 cm³/mol. The van der Waals surface area contributed by atoms with E-state index in [0.717, 1.165) is 11.7 Å². The molecule has 1 aromatic carbocycles. The number of methoxy groups -OCH3 is 1. The van der Waals surface area contributed by atoms with Crippen molar-refractivity contribution in [2.45, 2.75) is 38.5 Å². The Morgan fingerprint density at radius 1 is 1.20 bits per heavy atom. The van der Waals surface area contributed by atoms with Gasteiger partial charge >= 0.3 is 0 Å². The lowest BCUT2D eigenvalue weighted by molar-refractivity contribution is 0.356. The van der Waals surface area contributed by atoms with E-state index in [-0.39, 0.29) is 0 Å². The van der Waals surface area contributed by atoms with Gasteiger partial charge in [0.25, 0.3) is 0 Å². The summed E-state index contributed by atoms with van der Waals surface area (Å²) in [5.41, 5.74) is 1.43. The van der Waals surface area contributed by atoms with Crippen LogP contribution in [0.1, 0.15) is 37.7 Å². The first-order valence-electron chi connectivity index (χ1n) is 6.01. The topological polar surface area (TPSA) is 9.23 Å². The van der Waals surface area contributed by atoms with Gasteiger partial charge in [-0.05, 0) is 30.0 Å². The smallest absolute Gasteiger partial charge is 0.119 e. The summed E-state index contributed by atoms with van der Waals surface area (Å²) >= 11 is 0. The number of hydrogen-bond acceptors (Lipinski definition) is 1. The highest BCUT2D eigenvalue weighted by atomic mass is 16.5. The molecule has 15 heavy (non-hydrogen) atoms. The van der Waals surface area contributed by atoms with Crippen LogP contribution in [0.3, 0.4) is 0 Å². The molecule has 0 unspecified atom stereocenters. The van der Waals surface area contributed by atoms with Gasteiger partial charge in [0.2, 0.25) is 0 Å². The molecule has 0 aromatic heterocycles. The number of rotatable bonds is 3. The van der Waals surface area contributed by atoms with Crippen LogP contribution in [0.5, 0.6) is 5.75 Å². The highest BCUT2D eigenvalue weighted by molar-refractivity contribution is 5.28. The molecule has 0 bridgehead atoms. The van der Waals surface area contributed by atoms with Gasteiger partial charge in [-0.3, -0.25) is 0 Å². The zero-order valence-corrected chi connectivity index (χ0v) is 9.54. The molecule has 1 heteroatoms. The van der Waals surface area contributed by atoms with Gasteiger partial charge in [-0.1, -0.05) is 44.2 Å². The van der Waals surface area contributed by atoms with Crippen LogP contribution >= 0.6 is 0 Å². The van der Waals surface area contributed by atoms with Gasteiger partial charge in [0.15, 0.2) is 0 Å². The molecule has 1 nitrogen and oxygen atoms in total. The largest absolute Gasteiger partial charge is 0.497 e. The quantitative estimate of drug-likeness (QED) is 0.727. The standard InChI is InChI=1S/C14H20O/c1-15-14-9-5-8-13(11-14)10-12-6-3-2-4-7-12/h5,8-9,11-12H,2-4,6-7,10H2,1H3. The molecule has 0 amide bonds. The summed E-state index contributed by atoms with van der Waals surface area (Å²) in [4.78, 5) is 0. The number of ether oxygens (including phenoxy) is 1. The van der Waals surface area contributed by atoms with Gasteiger partial charge in [0, 0.05) is 0 Å². The van der Waals surface area contributed by atoms with E-state index in [1.54, 1.807) is 7.11 Å². The highest BCUT2D eigenvalue weighted by Crippen LogP contribution is 2.27. The zero-order chi connectivity index (χ0) is 10.5. The summed E-state index contributed by atoms with van der Waals surface area (Å²) in [6.45, 7) is 0. The minimum Gasteiger partial charge on any atom is -0.497 e. The van der Waals surface area contributed by atoms with Crippen molar-refractivity contribution in [3.05, 3.63) is 29.8 Å². The van der Waals surface area contributed by atoms with Gasteiger partial charge in [-0.2, -0.15) is 0 Å². The van der Waals surface area contributed by atoms with Crippen LogP contribution in [0.25, 0.3) is 0 Å². The van der Waals surface area contributed by atoms with Crippen LogP contribution in [-0.2, 0) is 6.42 Å². The lowest BCUT2D eigenvalue weighted by Crippen LogP contribution is -2.09. The van der Waals surface area contributed by atoms with Crippen LogP contribution in [0.4, 0.5) is 0 Å². The molecule has 0 spiro atoms. The molecule has 1 fully saturated rings. The minimum absolute atomic E-state index is 0.908. The van der Waals surface area contributed by atoms with E-state index in [0.29, 0.717) is 0 Å². The third kappa shape index (κ3) is 2.98. The van der Waals surface area contributed by atoms with E-state index in [1.165, 1.54) is 44.1 Å².